The van der Waals surface area contributed by atoms with Gasteiger partial charge in [0.2, 0.25) is 0 Å². The fraction of sp³-hybridized carbons (Fsp3) is 0.500. The maximum absolute atomic E-state index is 10.8. The standard InChI is InChI=1S/C2H3N4O3PS/c1-5-2(7)6(4-3-5)9-10(8)11/h1H3/p+1. The molecule has 1 aromatic rings. The SMILES string of the molecule is Cn1nnn(O[P+](=O)S)c1=O. The molecule has 0 bridgehead atoms. The van der Waals surface area contributed by atoms with Crippen LogP contribution in [0.1, 0.15) is 0 Å². The molecule has 60 valence electrons. The highest BCUT2D eigenvalue weighted by Crippen LogP contribution is 2.20. The van der Waals surface area contributed by atoms with Crippen molar-refractivity contribution in [1.29, 1.82) is 0 Å². The summed E-state index contributed by atoms with van der Waals surface area (Å²) in [5.41, 5.74) is -0.609. The van der Waals surface area contributed by atoms with Gasteiger partial charge in [0.15, 0.2) is 12.2 Å². The van der Waals surface area contributed by atoms with Gasteiger partial charge in [0, 0.05) is 11.9 Å². The molecule has 0 radical (unpaired) electrons. The van der Waals surface area contributed by atoms with Gasteiger partial charge in [0.05, 0.1) is 0 Å². The summed E-state index contributed by atoms with van der Waals surface area (Å²) in [6.07, 6.45) is 0. The Morgan fingerprint density at radius 1 is 1.64 bits per heavy atom. The van der Waals surface area contributed by atoms with Crippen LogP contribution < -0.4 is 10.3 Å². The molecular formula is C2H4N4O3PS+. The Morgan fingerprint density at radius 2 is 2.27 bits per heavy atom. The first-order valence-corrected chi connectivity index (χ1v) is 4.78. The van der Waals surface area contributed by atoms with Gasteiger partial charge in [-0.2, -0.15) is 4.68 Å². The number of tetrazole rings is 1. The van der Waals surface area contributed by atoms with Crippen molar-refractivity contribution >= 4 is 19.5 Å². The van der Waals surface area contributed by atoms with E-state index in [1.165, 1.54) is 7.05 Å². The van der Waals surface area contributed by atoms with Gasteiger partial charge in [-0.25, -0.2) is 4.79 Å². The quantitative estimate of drug-likeness (QED) is 0.483. The molecule has 0 N–H and O–H groups in total. The summed E-state index contributed by atoms with van der Waals surface area (Å²) in [4.78, 5) is 11.3. The minimum Gasteiger partial charge on any atom is -0.241 e. The monoisotopic (exact) mass is 195 g/mol. The van der Waals surface area contributed by atoms with Crippen LogP contribution in [-0.4, -0.2) is 20.0 Å². The highest BCUT2D eigenvalue weighted by Gasteiger charge is 2.16. The Morgan fingerprint density at radius 3 is 2.64 bits per heavy atom. The molecule has 11 heavy (non-hydrogen) atoms. The molecule has 0 amide bonds. The van der Waals surface area contributed by atoms with Gasteiger partial charge in [0.25, 0.3) is 0 Å². The van der Waals surface area contributed by atoms with Gasteiger partial charge >= 0.3 is 12.9 Å². The molecule has 0 aliphatic carbocycles. The van der Waals surface area contributed by atoms with E-state index >= 15 is 0 Å². The lowest BCUT2D eigenvalue weighted by molar-refractivity contribution is 0.235. The number of aromatic nitrogens is 4. The van der Waals surface area contributed by atoms with E-state index < -0.39 is 12.9 Å². The molecule has 0 saturated heterocycles. The van der Waals surface area contributed by atoms with Crippen molar-refractivity contribution in [3.05, 3.63) is 10.5 Å². The van der Waals surface area contributed by atoms with Crippen molar-refractivity contribution in [1.82, 2.24) is 20.0 Å². The molecule has 0 aromatic carbocycles. The summed E-state index contributed by atoms with van der Waals surface area (Å²) in [5.74, 6) is 0. The van der Waals surface area contributed by atoms with E-state index in [1.54, 1.807) is 0 Å². The second kappa shape index (κ2) is 3.02. The third kappa shape index (κ3) is 1.78. The maximum atomic E-state index is 10.8. The first-order chi connectivity index (χ1) is 5.11. The fourth-order valence-electron chi connectivity index (χ4n) is 0.414. The highest BCUT2D eigenvalue weighted by atomic mass is 32.7. The molecule has 1 aromatic heterocycles. The molecule has 0 fully saturated rings. The van der Waals surface area contributed by atoms with Gasteiger partial charge in [-0.1, -0.05) is 0 Å². The van der Waals surface area contributed by atoms with Gasteiger partial charge in [-0.05, 0) is 15.0 Å². The van der Waals surface area contributed by atoms with Gasteiger partial charge < -0.3 is 0 Å². The molecule has 0 spiro atoms. The van der Waals surface area contributed by atoms with Gasteiger partial charge in [0.1, 0.15) is 0 Å². The normalized spacial score (nSPS) is 11.3. The van der Waals surface area contributed by atoms with Crippen LogP contribution in [0.3, 0.4) is 0 Å². The summed E-state index contributed by atoms with van der Waals surface area (Å²) in [6.45, 7) is 0. The molecule has 1 rings (SSSR count). The topological polar surface area (TPSA) is 79.0 Å². The Balaban J connectivity index is 2.97. The van der Waals surface area contributed by atoms with Crippen molar-refractivity contribution in [2.24, 2.45) is 7.05 Å². The average Bonchev–Trinajstić information content (AvgIpc) is 2.18. The molecule has 0 aliphatic rings. The predicted octanol–water partition coefficient (Wildman–Crippen LogP) is -1.01. The number of aryl methyl sites for hydroxylation is 1. The smallest absolute Gasteiger partial charge is 0.241 e. The van der Waals surface area contributed by atoms with Crippen LogP contribution in [0.4, 0.5) is 0 Å². The molecule has 0 aliphatic heterocycles. The van der Waals surface area contributed by atoms with Crippen LogP contribution in [0.15, 0.2) is 4.79 Å². The summed E-state index contributed by atoms with van der Waals surface area (Å²) in [7, 11) is -0.798. The molecule has 1 heterocycles. The van der Waals surface area contributed by atoms with Crippen LogP contribution in [0.5, 0.6) is 0 Å². The zero-order valence-corrected chi connectivity index (χ0v) is 7.20. The highest BCUT2D eigenvalue weighted by molar-refractivity contribution is 8.39. The number of hydrogen-bond acceptors (Lipinski definition) is 5. The van der Waals surface area contributed by atoms with Crippen molar-refractivity contribution in [3.63, 3.8) is 0 Å². The van der Waals surface area contributed by atoms with Crippen molar-refractivity contribution in [2.75, 3.05) is 0 Å². The molecule has 7 nitrogen and oxygen atoms in total. The number of nitrogens with zero attached hydrogens (tertiary/aromatic N) is 4. The molecular weight excluding hydrogens is 191 g/mol. The number of rotatable bonds is 2. The van der Waals surface area contributed by atoms with E-state index in [0.717, 1.165) is 4.68 Å². The lowest BCUT2D eigenvalue weighted by Gasteiger charge is -1.80. The lowest BCUT2D eigenvalue weighted by Crippen LogP contribution is -2.25. The number of thiol groups is 1. The zero-order chi connectivity index (χ0) is 8.43. The van der Waals surface area contributed by atoms with Crippen LogP contribution in [0.2, 0.25) is 0 Å². The number of hydrogen-bond donors (Lipinski definition) is 1. The van der Waals surface area contributed by atoms with Gasteiger partial charge in [-0.3, -0.25) is 0 Å². The molecule has 0 saturated carbocycles. The average molecular weight is 195 g/mol. The largest absolute Gasteiger partial charge is 0.653 e. The summed E-state index contributed by atoms with van der Waals surface area (Å²) >= 11 is 3.42. The Labute approximate surface area is 66.9 Å². The van der Waals surface area contributed by atoms with Crippen molar-refractivity contribution < 1.29 is 9.19 Å². The van der Waals surface area contributed by atoms with E-state index in [9.17, 15) is 9.36 Å². The second-order valence-electron chi connectivity index (χ2n) is 1.58. The van der Waals surface area contributed by atoms with E-state index in [-0.39, 0.29) is 0 Å². The second-order valence-corrected chi connectivity index (χ2v) is 3.20. The Bertz CT molecular complexity index is 330. The zero-order valence-electron chi connectivity index (χ0n) is 5.41. The Kier molecular flexibility index (Phi) is 2.25. The molecule has 9 heteroatoms. The van der Waals surface area contributed by atoms with E-state index in [0.29, 0.717) is 4.85 Å². The lowest BCUT2D eigenvalue weighted by atomic mass is 11.2. The molecule has 1 unspecified atom stereocenters. The van der Waals surface area contributed by atoms with E-state index in [4.69, 9.17) is 0 Å². The van der Waals surface area contributed by atoms with Crippen LogP contribution >= 0.6 is 19.5 Å². The summed E-state index contributed by atoms with van der Waals surface area (Å²) < 4.78 is 15.6. The van der Waals surface area contributed by atoms with Gasteiger partial charge in [-0.15, -0.1) is 4.62 Å². The van der Waals surface area contributed by atoms with Crippen molar-refractivity contribution in [3.8, 4) is 0 Å². The minimum absolute atomic E-state index is 0.506. The van der Waals surface area contributed by atoms with Crippen molar-refractivity contribution in [2.45, 2.75) is 0 Å². The minimum atomic E-state index is -2.19. The first kappa shape index (κ1) is 8.22. The van der Waals surface area contributed by atoms with E-state index in [1.807, 2.05) is 0 Å². The van der Waals surface area contributed by atoms with E-state index in [2.05, 4.69) is 27.3 Å². The maximum Gasteiger partial charge on any atom is 0.653 e. The predicted molar refractivity (Wildman–Crippen MR) is 38.4 cm³/mol. The fourth-order valence-corrected chi connectivity index (χ4v) is 0.856. The van der Waals surface area contributed by atoms with Crippen LogP contribution in [0.25, 0.3) is 0 Å². The van der Waals surface area contributed by atoms with Crippen LogP contribution in [0, 0.1) is 0 Å². The molecule has 1 atom stereocenters. The Hall–Kier alpha value is -0.880. The summed E-state index contributed by atoms with van der Waals surface area (Å²) in [6, 6.07) is 0. The third-order valence-corrected chi connectivity index (χ3v) is 1.36. The summed E-state index contributed by atoms with van der Waals surface area (Å²) in [5, 5.41) is 6.52. The van der Waals surface area contributed by atoms with Crippen LogP contribution in [-0.2, 0) is 11.6 Å². The third-order valence-electron chi connectivity index (χ3n) is 0.843. The first-order valence-electron chi connectivity index (χ1n) is 2.45.